The number of likely N-dealkylation sites (N-methyl/N-ethyl adjacent to an activating group) is 1. The summed E-state index contributed by atoms with van der Waals surface area (Å²) in [5.41, 5.74) is 4.77. The van der Waals surface area contributed by atoms with Gasteiger partial charge in [-0.2, -0.15) is 0 Å². The predicted octanol–water partition coefficient (Wildman–Crippen LogP) is 4.11. The number of fused-ring (bicyclic) bond motifs is 1. The van der Waals surface area contributed by atoms with Crippen LogP contribution in [-0.2, 0) is 16.0 Å². The van der Waals surface area contributed by atoms with Gasteiger partial charge in [0.05, 0.1) is 24.0 Å². The van der Waals surface area contributed by atoms with Crippen LogP contribution in [0.3, 0.4) is 0 Å². The fourth-order valence-corrected chi connectivity index (χ4v) is 6.20. The van der Waals surface area contributed by atoms with Crippen LogP contribution in [0.2, 0.25) is 0 Å². The Balaban J connectivity index is 1.38. The van der Waals surface area contributed by atoms with Crippen molar-refractivity contribution in [1.82, 2.24) is 20.5 Å². The summed E-state index contributed by atoms with van der Waals surface area (Å²) < 4.78 is 0. The molecule has 0 unspecified atom stereocenters. The summed E-state index contributed by atoms with van der Waals surface area (Å²) in [6.45, 7) is 3.50. The van der Waals surface area contributed by atoms with Gasteiger partial charge in [-0.3, -0.25) is 14.6 Å². The molecule has 1 aliphatic carbocycles. The summed E-state index contributed by atoms with van der Waals surface area (Å²) >= 11 is 0. The zero-order valence-electron chi connectivity index (χ0n) is 21.6. The van der Waals surface area contributed by atoms with Gasteiger partial charge in [-0.05, 0) is 75.3 Å². The second kappa shape index (κ2) is 11.0. The standard InChI is InChI=1S/C29H39N5O2/c1-20(30-2)28(35)32-27(22-10-4-3-5-11-22)29(36)34-15-8-13-26(34)23-17-24(19-31-18-23)33-16-14-21-9-6-7-12-25(21)33/h6-7,9,12,17-20,22,26-27,30H,3-5,8,10-11,13-16H2,1-2H3,(H,32,35)/t20-,26-,27-/m0/s1. The monoisotopic (exact) mass is 489 g/mol. The second-order valence-corrected chi connectivity index (χ2v) is 10.6. The van der Waals surface area contributed by atoms with E-state index < -0.39 is 6.04 Å². The Labute approximate surface area is 214 Å². The number of hydrogen-bond donors (Lipinski definition) is 2. The molecule has 192 valence electrons. The first-order chi connectivity index (χ1) is 17.6. The molecule has 0 spiro atoms. The third-order valence-corrected chi connectivity index (χ3v) is 8.38. The van der Waals surface area contributed by atoms with Crippen LogP contribution >= 0.6 is 0 Å². The Kier molecular flexibility index (Phi) is 7.56. The highest BCUT2D eigenvalue weighted by Crippen LogP contribution is 2.38. The number of pyridine rings is 1. The van der Waals surface area contributed by atoms with E-state index in [0.29, 0.717) is 0 Å². The average molecular weight is 490 g/mol. The number of benzene rings is 1. The fraction of sp³-hybridized carbons (Fsp3) is 0.552. The minimum Gasteiger partial charge on any atom is -0.343 e. The number of para-hydroxylation sites is 1. The van der Waals surface area contributed by atoms with Crippen molar-refractivity contribution in [3.63, 3.8) is 0 Å². The maximum Gasteiger partial charge on any atom is 0.245 e. The normalized spacial score (nSPS) is 21.8. The lowest BCUT2D eigenvalue weighted by molar-refractivity contribution is -0.139. The number of amides is 2. The molecule has 2 N–H and O–H groups in total. The van der Waals surface area contributed by atoms with Crippen molar-refractivity contribution in [3.05, 3.63) is 53.9 Å². The minimum absolute atomic E-state index is 0.00693. The van der Waals surface area contributed by atoms with Crippen LogP contribution < -0.4 is 15.5 Å². The zero-order valence-corrected chi connectivity index (χ0v) is 21.6. The van der Waals surface area contributed by atoms with E-state index in [0.717, 1.165) is 69.3 Å². The number of carbonyl (C=O) groups is 2. The number of carbonyl (C=O) groups excluding carboxylic acids is 2. The largest absolute Gasteiger partial charge is 0.343 e. The van der Waals surface area contributed by atoms with E-state index in [1.54, 1.807) is 7.05 Å². The Morgan fingerprint density at radius 2 is 1.83 bits per heavy atom. The average Bonchev–Trinajstić information content (AvgIpc) is 3.59. The first kappa shape index (κ1) is 24.8. The fourth-order valence-electron chi connectivity index (χ4n) is 6.20. The second-order valence-electron chi connectivity index (χ2n) is 10.6. The van der Waals surface area contributed by atoms with E-state index in [9.17, 15) is 9.59 Å². The van der Waals surface area contributed by atoms with Gasteiger partial charge in [0.2, 0.25) is 11.8 Å². The number of nitrogens with zero attached hydrogens (tertiary/aromatic N) is 3. The van der Waals surface area contributed by atoms with E-state index in [1.165, 1.54) is 17.7 Å². The van der Waals surface area contributed by atoms with Crippen LogP contribution in [0.1, 0.15) is 69.0 Å². The van der Waals surface area contributed by atoms with Crippen molar-refractivity contribution in [2.24, 2.45) is 5.92 Å². The van der Waals surface area contributed by atoms with Gasteiger partial charge in [-0.25, -0.2) is 0 Å². The third-order valence-electron chi connectivity index (χ3n) is 8.38. The molecule has 3 atom stereocenters. The highest BCUT2D eigenvalue weighted by molar-refractivity contribution is 5.90. The number of aromatic nitrogens is 1. The molecule has 2 fully saturated rings. The number of likely N-dealkylation sites (tertiary alicyclic amines) is 1. The predicted molar refractivity (Wildman–Crippen MR) is 142 cm³/mol. The SMILES string of the molecule is CN[C@@H](C)C(=O)N[C@H](C(=O)N1CCC[C@H]1c1cncc(N2CCc3ccccc32)c1)C1CCCCC1. The van der Waals surface area contributed by atoms with Crippen molar-refractivity contribution < 1.29 is 9.59 Å². The van der Waals surface area contributed by atoms with Gasteiger partial charge in [0.1, 0.15) is 6.04 Å². The molecule has 7 nitrogen and oxygen atoms in total. The van der Waals surface area contributed by atoms with Crippen molar-refractivity contribution in [2.45, 2.75) is 76.4 Å². The van der Waals surface area contributed by atoms with Gasteiger partial charge in [0, 0.05) is 25.0 Å². The molecule has 3 aliphatic rings. The van der Waals surface area contributed by atoms with Crippen molar-refractivity contribution in [1.29, 1.82) is 0 Å². The maximum atomic E-state index is 14.0. The molecule has 1 aromatic heterocycles. The first-order valence-corrected chi connectivity index (χ1v) is 13.7. The molecule has 1 saturated carbocycles. The quantitative estimate of drug-likeness (QED) is 0.612. The number of nitrogens with one attached hydrogen (secondary N) is 2. The van der Waals surface area contributed by atoms with Crippen LogP contribution in [0.15, 0.2) is 42.7 Å². The zero-order chi connectivity index (χ0) is 25.1. The Morgan fingerprint density at radius 3 is 2.64 bits per heavy atom. The van der Waals surface area contributed by atoms with Crippen molar-refractivity contribution >= 4 is 23.2 Å². The number of rotatable bonds is 7. The molecule has 36 heavy (non-hydrogen) atoms. The molecule has 7 heteroatoms. The van der Waals surface area contributed by atoms with Gasteiger partial charge >= 0.3 is 0 Å². The van der Waals surface area contributed by atoms with Crippen molar-refractivity contribution in [2.75, 3.05) is 25.0 Å². The van der Waals surface area contributed by atoms with Crippen LogP contribution in [0.5, 0.6) is 0 Å². The molecule has 2 aliphatic heterocycles. The third kappa shape index (κ3) is 4.99. The van der Waals surface area contributed by atoms with E-state index in [1.807, 2.05) is 24.2 Å². The minimum atomic E-state index is -0.462. The lowest BCUT2D eigenvalue weighted by Crippen LogP contribution is -2.55. The van der Waals surface area contributed by atoms with Crippen LogP contribution in [-0.4, -0.2) is 53.9 Å². The molecule has 1 saturated heterocycles. The smallest absolute Gasteiger partial charge is 0.245 e. The van der Waals surface area contributed by atoms with Gasteiger partial charge in [0.15, 0.2) is 0 Å². The topological polar surface area (TPSA) is 77.6 Å². The molecule has 2 aromatic rings. The lowest BCUT2D eigenvalue weighted by atomic mass is 9.83. The van der Waals surface area contributed by atoms with Crippen LogP contribution in [0.25, 0.3) is 0 Å². The van der Waals surface area contributed by atoms with E-state index in [4.69, 9.17) is 0 Å². The van der Waals surface area contributed by atoms with Crippen molar-refractivity contribution in [3.8, 4) is 0 Å². The molecule has 1 aromatic carbocycles. The Morgan fingerprint density at radius 1 is 1.03 bits per heavy atom. The molecule has 2 amide bonds. The van der Waals surface area contributed by atoms with Gasteiger partial charge in [-0.1, -0.05) is 37.5 Å². The van der Waals surface area contributed by atoms with Gasteiger partial charge < -0.3 is 20.4 Å². The first-order valence-electron chi connectivity index (χ1n) is 13.7. The summed E-state index contributed by atoms with van der Waals surface area (Å²) in [7, 11) is 1.77. The van der Waals surface area contributed by atoms with Crippen LogP contribution in [0, 0.1) is 5.92 Å². The summed E-state index contributed by atoms with van der Waals surface area (Å²) in [5.74, 6) is 0.164. The summed E-state index contributed by atoms with van der Waals surface area (Å²) in [5, 5.41) is 6.14. The highest BCUT2D eigenvalue weighted by atomic mass is 16.2. The number of hydrogen-bond acceptors (Lipinski definition) is 5. The lowest BCUT2D eigenvalue weighted by Gasteiger charge is -2.35. The van der Waals surface area contributed by atoms with Gasteiger partial charge in [-0.15, -0.1) is 0 Å². The molecular formula is C29H39N5O2. The molecule has 3 heterocycles. The number of anilines is 2. The van der Waals surface area contributed by atoms with Gasteiger partial charge in [0.25, 0.3) is 0 Å². The Bertz CT molecular complexity index is 1080. The van der Waals surface area contributed by atoms with E-state index in [-0.39, 0.29) is 29.8 Å². The molecule has 0 radical (unpaired) electrons. The summed E-state index contributed by atoms with van der Waals surface area (Å²) in [4.78, 5) is 35.8. The molecule has 5 rings (SSSR count). The molecule has 0 bridgehead atoms. The maximum absolute atomic E-state index is 14.0. The highest BCUT2D eigenvalue weighted by Gasteiger charge is 2.39. The van der Waals surface area contributed by atoms with E-state index in [2.05, 4.69) is 50.8 Å². The summed E-state index contributed by atoms with van der Waals surface area (Å²) in [6.07, 6.45) is 12.2. The molecular weight excluding hydrogens is 450 g/mol. The summed E-state index contributed by atoms with van der Waals surface area (Å²) in [6, 6.07) is 9.95. The van der Waals surface area contributed by atoms with E-state index >= 15 is 0 Å². The van der Waals surface area contributed by atoms with Crippen LogP contribution in [0.4, 0.5) is 11.4 Å². The Hall–Kier alpha value is -2.93.